The van der Waals surface area contributed by atoms with Crippen LogP contribution in [0, 0.1) is 11.3 Å². The molecule has 0 bridgehead atoms. The molecule has 23 heavy (non-hydrogen) atoms. The zero-order chi connectivity index (χ0) is 17.1. The van der Waals surface area contributed by atoms with E-state index in [0.717, 1.165) is 17.3 Å². The van der Waals surface area contributed by atoms with E-state index in [1.54, 1.807) is 0 Å². The quantitative estimate of drug-likeness (QED) is 0.213. The standard InChI is InChI=1S/C19H29IO3/c1-19(2,11-7-12-20)17(14-18(21)22-3)10-13-23-15-16-8-5-4-6-9-16/h4-6,8-9,17H,7,10-15H2,1-3H3/t17-/m1/s1. The third kappa shape index (κ3) is 8.15. The Hall–Kier alpha value is -0.620. The summed E-state index contributed by atoms with van der Waals surface area (Å²) >= 11 is 2.41. The Balaban J connectivity index is 2.50. The second-order valence-corrected chi connectivity index (χ2v) is 7.66. The van der Waals surface area contributed by atoms with Crippen LogP contribution in [0.3, 0.4) is 0 Å². The van der Waals surface area contributed by atoms with Gasteiger partial charge in [0.1, 0.15) is 0 Å². The maximum atomic E-state index is 11.7. The van der Waals surface area contributed by atoms with Crippen LogP contribution >= 0.6 is 22.6 Å². The second-order valence-electron chi connectivity index (χ2n) is 6.59. The Kier molecular flexibility index (Phi) is 9.79. The van der Waals surface area contributed by atoms with Crippen LogP contribution in [0.4, 0.5) is 0 Å². The highest BCUT2D eigenvalue weighted by Gasteiger charge is 2.30. The Labute approximate surface area is 154 Å². The Morgan fingerprint density at radius 2 is 1.96 bits per heavy atom. The zero-order valence-corrected chi connectivity index (χ0v) is 16.7. The molecule has 0 saturated heterocycles. The van der Waals surface area contributed by atoms with Crippen LogP contribution < -0.4 is 0 Å². The van der Waals surface area contributed by atoms with Crippen molar-refractivity contribution in [2.45, 2.75) is 46.1 Å². The summed E-state index contributed by atoms with van der Waals surface area (Å²) in [4.78, 5) is 11.7. The molecule has 1 aromatic rings. The smallest absolute Gasteiger partial charge is 0.305 e. The lowest BCUT2D eigenvalue weighted by molar-refractivity contribution is -0.143. The van der Waals surface area contributed by atoms with Crippen LogP contribution in [0.2, 0.25) is 0 Å². The number of ether oxygens (including phenoxy) is 2. The Morgan fingerprint density at radius 1 is 1.26 bits per heavy atom. The number of hydrogen-bond donors (Lipinski definition) is 0. The first kappa shape index (κ1) is 20.4. The van der Waals surface area contributed by atoms with Crippen molar-refractivity contribution in [1.82, 2.24) is 0 Å². The van der Waals surface area contributed by atoms with Crippen molar-refractivity contribution in [3.05, 3.63) is 35.9 Å². The SMILES string of the molecule is COC(=O)C[C@@H](CCOCc1ccccc1)C(C)(C)CCCI. The monoisotopic (exact) mass is 432 g/mol. The molecule has 0 unspecified atom stereocenters. The number of alkyl halides is 1. The summed E-state index contributed by atoms with van der Waals surface area (Å²) in [5, 5.41) is 0. The van der Waals surface area contributed by atoms with Gasteiger partial charge >= 0.3 is 5.97 Å². The van der Waals surface area contributed by atoms with E-state index in [0.29, 0.717) is 19.6 Å². The average molecular weight is 432 g/mol. The zero-order valence-electron chi connectivity index (χ0n) is 14.5. The normalized spacial score (nSPS) is 12.9. The lowest BCUT2D eigenvalue weighted by Gasteiger charge is -2.34. The van der Waals surface area contributed by atoms with Gasteiger partial charge in [0, 0.05) is 13.0 Å². The minimum atomic E-state index is -0.124. The van der Waals surface area contributed by atoms with Crippen LogP contribution in [0.5, 0.6) is 0 Å². The van der Waals surface area contributed by atoms with Crippen molar-refractivity contribution in [2.75, 3.05) is 18.1 Å². The van der Waals surface area contributed by atoms with Gasteiger partial charge in [-0.3, -0.25) is 4.79 Å². The molecule has 0 aliphatic carbocycles. The van der Waals surface area contributed by atoms with E-state index >= 15 is 0 Å². The van der Waals surface area contributed by atoms with Crippen LogP contribution in [0.25, 0.3) is 0 Å². The van der Waals surface area contributed by atoms with Gasteiger partial charge in [0.05, 0.1) is 13.7 Å². The molecule has 0 radical (unpaired) electrons. The molecular formula is C19H29IO3. The first-order chi connectivity index (χ1) is 11.0. The number of benzene rings is 1. The molecule has 0 aromatic heterocycles. The molecule has 0 aliphatic heterocycles. The van der Waals surface area contributed by atoms with E-state index in [2.05, 4.69) is 48.6 Å². The number of methoxy groups -OCH3 is 1. The highest BCUT2D eigenvalue weighted by Crippen LogP contribution is 2.37. The van der Waals surface area contributed by atoms with Crippen LogP contribution in [-0.4, -0.2) is 24.1 Å². The van der Waals surface area contributed by atoms with E-state index in [-0.39, 0.29) is 17.3 Å². The number of carbonyl (C=O) groups is 1. The molecule has 4 heteroatoms. The molecule has 0 spiro atoms. The van der Waals surface area contributed by atoms with E-state index < -0.39 is 0 Å². The molecule has 0 saturated carbocycles. The van der Waals surface area contributed by atoms with E-state index in [1.165, 1.54) is 19.1 Å². The lowest BCUT2D eigenvalue weighted by atomic mass is 9.72. The fraction of sp³-hybridized carbons (Fsp3) is 0.632. The fourth-order valence-electron chi connectivity index (χ4n) is 2.77. The predicted molar refractivity (Wildman–Crippen MR) is 103 cm³/mol. The van der Waals surface area contributed by atoms with Crippen molar-refractivity contribution >= 4 is 28.6 Å². The molecule has 130 valence electrons. The number of halogens is 1. The molecular weight excluding hydrogens is 403 g/mol. The van der Waals surface area contributed by atoms with Gasteiger partial charge in [0.25, 0.3) is 0 Å². The summed E-state index contributed by atoms with van der Waals surface area (Å²) < 4.78 is 11.8. The number of rotatable bonds is 11. The largest absolute Gasteiger partial charge is 0.469 e. The molecule has 0 amide bonds. The Morgan fingerprint density at radius 3 is 2.57 bits per heavy atom. The second kappa shape index (κ2) is 11.0. The van der Waals surface area contributed by atoms with Crippen molar-refractivity contribution < 1.29 is 14.3 Å². The van der Waals surface area contributed by atoms with Gasteiger partial charge in [0.15, 0.2) is 0 Å². The maximum Gasteiger partial charge on any atom is 0.305 e. The van der Waals surface area contributed by atoms with Gasteiger partial charge in [-0.1, -0.05) is 66.8 Å². The van der Waals surface area contributed by atoms with Gasteiger partial charge < -0.3 is 9.47 Å². The summed E-state index contributed by atoms with van der Waals surface area (Å²) in [6.07, 6.45) is 3.65. The number of carbonyl (C=O) groups excluding carboxylic acids is 1. The highest BCUT2D eigenvalue weighted by atomic mass is 127. The van der Waals surface area contributed by atoms with Gasteiger partial charge in [-0.05, 0) is 40.6 Å². The Bertz CT molecular complexity index is 445. The van der Waals surface area contributed by atoms with Gasteiger partial charge in [0.2, 0.25) is 0 Å². The predicted octanol–water partition coefficient (Wildman–Crippen LogP) is 5.01. The molecule has 1 rings (SSSR count). The van der Waals surface area contributed by atoms with Gasteiger partial charge in [-0.15, -0.1) is 0 Å². The van der Waals surface area contributed by atoms with Crippen molar-refractivity contribution in [3.63, 3.8) is 0 Å². The number of esters is 1. The molecule has 0 aliphatic rings. The lowest BCUT2D eigenvalue weighted by Crippen LogP contribution is -2.28. The third-order valence-corrected chi connectivity index (χ3v) is 5.19. The van der Waals surface area contributed by atoms with E-state index in [1.807, 2.05) is 18.2 Å². The molecule has 1 atom stereocenters. The summed E-state index contributed by atoms with van der Waals surface area (Å²) in [5.74, 6) is 0.161. The summed E-state index contributed by atoms with van der Waals surface area (Å²) in [5.41, 5.74) is 1.30. The summed E-state index contributed by atoms with van der Waals surface area (Å²) in [6.45, 7) is 5.80. The van der Waals surface area contributed by atoms with E-state index in [4.69, 9.17) is 9.47 Å². The maximum absolute atomic E-state index is 11.7. The molecule has 0 fully saturated rings. The average Bonchev–Trinajstić information content (AvgIpc) is 2.56. The molecule has 1 aromatic carbocycles. The first-order valence-corrected chi connectivity index (χ1v) is 9.76. The first-order valence-electron chi connectivity index (χ1n) is 8.24. The summed E-state index contributed by atoms with van der Waals surface area (Å²) in [7, 11) is 1.46. The fourth-order valence-corrected chi connectivity index (χ4v) is 3.15. The minimum Gasteiger partial charge on any atom is -0.469 e. The van der Waals surface area contributed by atoms with Crippen LogP contribution in [0.15, 0.2) is 30.3 Å². The van der Waals surface area contributed by atoms with Crippen molar-refractivity contribution in [1.29, 1.82) is 0 Å². The highest BCUT2D eigenvalue weighted by molar-refractivity contribution is 14.1. The van der Waals surface area contributed by atoms with E-state index in [9.17, 15) is 4.79 Å². The van der Waals surface area contributed by atoms with Crippen molar-refractivity contribution in [3.8, 4) is 0 Å². The van der Waals surface area contributed by atoms with Gasteiger partial charge in [-0.25, -0.2) is 0 Å². The van der Waals surface area contributed by atoms with Crippen LogP contribution in [-0.2, 0) is 20.9 Å². The van der Waals surface area contributed by atoms with Crippen LogP contribution in [0.1, 0.15) is 45.1 Å². The van der Waals surface area contributed by atoms with Gasteiger partial charge in [-0.2, -0.15) is 0 Å². The van der Waals surface area contributed by atoms with Crippen molar-refractivity contribution in [2.24, 2.45) is 11.3 Å². The molecule has 0 heterocycles. The summed E-state index contributed by atoms with van der Waals surface area (Å²) in [6, 6.07) is 10.2. The topological polar surface area (TPSA) is 35.5 Å². The molecule has 0 N–H and O–H groups in total. The number of hydrogen-bond acceptors (Lipinski definition) is 3. The molecule has 3 nitrogen and oxygen atoms in total. The third-order valence-electron chi connectivity index (χ3n) is 4.42. The minimum absolute atomic E-state index is 0.121.